The van der Waals surface area contributed by atoms with Gasteiger partial charge in [0.25, 0.3) is 0 Å². The summed E-state index contributed by atoms with van der Waals surface area (Å²) in [5.41, 5.74) is 3.63. The maximum Gasteiger partial charge on any atom is 0.238 e. The number of likely N-dealkylation sites (N-methyl/N-ethyl adjacent to an activating group) is 1. The molecule has 0 bridgehead atoms. The van der Waals surface area contributed by atoms with Gasteiger partial charge in [0.1, 0.15) is 0 Å². The van der Waals surface area contributed by atoms with Crippen molar-refractivity contribution in [1.29, 1.82) is 0 Å². The molecule has 0 radical (unpaired) electrons. The smallest absolute Gasteiger partial charge is 0.238 e. The third-order valence-electron chi connectivity index (χ3n) is 4.04. The zero-order chi connectivity index (χ0) is 18.1. The average Bonchev–Trinajstić information content (AvgIpc) is 2.66. The van der Waals surface area contributed by atoms with Crippen LogP contribution in [-0.2, 0) is 11.2 Å². The van der Waals surface area contributed by atoms with E-state index >= 15 is 0 Å². The number of nitrogens with zero attached hydrogens (tertiary/aromatic N) is 3. The van der Waals surface area contributed by atoms with Gasteiger partial charge in [0.05, 0.1) is 17.9 Å². The van der Waals surface area contributed by atoms with Crippen molar-refractivity contribution in [2.45, 2.75) is 27.2 Å². The van der Waals surface area contributed by atoms with E-state index in [2.05, 4.69) is 39.5 Å². The van der Waals surface area contributed by atoms with Crippen molar-refractivity contribution in [2.24, 2.45) is 10.2 Å². The van der Waals surface area contributed by atoms with E-state index in [9.17, 15) is 4.79 Å². The first kappa shape index (κ1) is 18.8. The molecule has 1 amide bonds. The molecule has 0 aliphatic carbocycles. The molecule has 2 rings (SSSR count). The molecule has 1 N–H and O–H groups in total. The Kier molecular flexibility index (Phi) is 7.29. The minimum Gasteiger partial charge on any atom is -0.325 e. The van der Waals surface area contributed by atoms with Gasteiger partial charge in [-0.05, 0) is 61.5 Å². The molecule has 2 aromatic rings. The minimum atomic E-state index is -0.00547. The van der Waals surface area contributed by atoms with Gasteiger partial charge in [-0.2, -0.15) is 10.2 Å². The molecule has 132 valence electrons. The zero-order valence-corrected chi connectivity index (χ0v) is 15.2. The number of carbonyl (C=O) groups is 1. The fraction of sp³-hybridized carbons (Fsp3) is 0.350. The number of rotatable bonds is 8. The first-order valence-electron chi connectivity index (χ1n) is 8.77. The molecule has 0 aliphatic heterocycles. The van der Waals surface area contributed by atoms with E-state index in [0.29, 0.717) is 6.54 Å². The molecule has 2 aromatic carbocycles. The molecule has 0 spiro atoms. The van der Waals surface area contributed by atoms with E-state index in [1.54, 1.807) is 0 Å². The van der Waals surface area contributed by atoms with Crippen LogP contribution in [0.3, 0.4) is 0 Å². The molecule has 0 aliphatic rings. The summed E-state index contributed by atoms with van der Waals surface area (Å²) in [7, 11) is 0. The lowest BCUT2D eigenvalue weighted by atomic mass is 10.2. The van der Waals surface area contributed by atoms with Crippen LogP contribution in [0.25, 0.3) is 0 Å². The number of azo groups is 1. The number of aryl methyl sites for hydroxylation is 1. The molecule has 0 aromatic heterocycles. The highest BCUT2D eigenvalue weighted by Gasteiger charge is 2.07. The van der Waals surface area contributed by atoms with Gasteiger partial charge in [-0.25, -0.2) is 0 Å². The maximum atomic E-state index is 12.0. The zero-order valence-electron chi connectivity index (χ0n) is 15.2. The van der Waals surface area contributed by atoms with Crippen LogP contribution in [0.1, 0.15) is 26.3 Å². The molecular formula is C20H26N4O. The van der Waals surface area contributed by atoms with Crippen LogP contribution < -0.4 is 5.32 Å². The highest BCUT2D eigenvalue weighted by Crippen LogP contribution is 2.20. The molecule has 5 nitrogen and oxygen atoms in total. The number of anilines is 1. The van der Waals surface area contributed by atoms with Crippen LogP contribution in [0, 0.1) is 0 Å². The lowest BCUT2D eigenvalue weighted by Crippen LogP contribution is -2.32. The average molecular weight is 338 g/mol. The van der Waals surface area contributed by atoms with Crippen molar-refractivity contribution in [3.63, 3.8) is 0 Å². The van der Waals surface area contributed by atoms with Gasteiger partial charge in [0, 0.05) is 5.69 Å². The Labute approximate surface area is 149 Å². The number of hydrogen-bond donors (Lipinski definition) is 1. The number of carbonyl (C=O) groups excluding carboxylic acids is 1. The Morgan fingerprint density at radius 2 is 1.40 bits per heavy atom. The summed E-state index contributed by atoms with van der Waals surface area (Å²) in [5.74, 6) is -0.00547. The summed E-state index contributed by atoms with van der Waals surface area (Å²) in [6.07, 6.45) is 1.01. The molecule has 0 fully saturated rings. The van der Waals surface area contributed by atoms with Gasteiger partial charge in [-0.3, -0.25) is 9.69 Å². The first-order chi connectivity index (χ1) is 12.1. The van der Waals surface area contributed by atoms with E-state index in [0.717, 1.165) is 36.6 Å². The van der Waals surface area contributed by atoms with Crippen molar-refractivity contribution in [3.8, 4) is 0 Å². The van der Waals surface area contributed by atoms with Crippen molar-refractivity contribution < 1.29 is 4.79 Å². The van der Waals surface area contributed by atoms with E-state index in [-0.39, 0.29) is 5.91 Å². The van der Waals surface area contributed by atoms with Crippen molar-refractivity contribution in [2.75, 3.05) is 25.0 Å². The van der Waals surface area contributed by atoms with Crippen LogP contribution in [0.15, 0.2) is 58.8 Å². The Morgan fingerprint density at radius 1 is 0.880 bits per heavy atom. The second-order valence-corrected chi connectivity index (χ2v) is 5.78. The molecule has 0 saturated heterocycles. The predicted molar refractivity (Wildman–Crippen MR) is 103 cm³/mol. The standard InChI is InChI=1S/C20H26N4O/c1-4-16-7-9-18(10-8-16)22-23-19-13-11-17(12-14-19)21-20(25)15-24(5-2)6-3/h7-14H,4-6,15H2,1-3H3,(H,21,25)/b23-22+. The Bertz CT molecular complexity index is 689. The molecular weight excluding hydrogens is 312 g/mol. The maximum absolute atomic E-state index is 12.0. The van der Waals surface area contributed by atoms with Crippen LogP contribution in [0.2, 0.25) is 0 Å². The third kappa shape index (κ3) is 6.12. The number of nitrogens with one attached hydrogen (secondary N) is 1. The molecule has 0 saturated carbocycles. The molecule has 0 unspecified atom stereocenters. The summed E-state index contributed by atoms with van der Waals surface area (Å²) < 4.78 is 0. The van der Waals surface area contributed by atoms with Gasteiger partial charge in [0.2, 0.25) is 5.91 Å². The highest BCUT2D eigenvalue weighted by atomic mass is 16.2. The fourth-order valence-corrected chi connectivity index (χ4v) is 2.38. The summed E-state index contributed by atoms with van der Waals surface area (Å²) in [5, 5.41) is 11.4. The summed E-state index contributed by atoms with van der Waals surface area (Å²) in [6, 6.07) is 15.4. The molecule has 25 heavy (non-hydrogen) atoms. The number of benzene rings is 2. The monoisotopic (exact) mass is 338 g/mol. The number of hydrogen-bond acceptors (Lipinski definition) is 4. The second kappa shape index (κ2) is 9.69. The van der Waals surface area contributed by atoms with Gasteiger partial charge < -0.3 is 5.32 Å². The van der Waals surface area contributed by atoms with Crippen LogP contribution >= 0.6 is 0 Å². The largest absolute Gasteiger partial charge is 0.325 e. The molecule has 0 atom stereocenters. The number of amides is 1. The van der Waals surface area contributed by atoms with Gasteiger partial charge in [-0.15, -0.1) is 0 Å². The normalized spacial score (nSPS) is 11.2. The fourth-order valence-electron chi connectivity index (χ4n) is 2.38. The third-order valence-corrected chi connectivity index (χ3v) is 4.04. The van der Waals surface area contributed by atoms with Gasteiger partial charge >= 0.3 is 0 Å². The SMILES string of the molecule is CCc1ccc(/N=N/c2ccc(NC(=O)CN(CC)CC)cc2)cc1. The van der Waals surface area contributed by atoms with Gasteiger partial charge in [0.15, 0.2) is 0 Å². The quantitative estimate of drug-likeness (QED) is 0.693. The minimum absolute atomic E-state index is 0.00547. The Morgan fingerprint density at radius 3 is 1.88 bits per heavy atom. The van der Waals surface area contributed by atoms with Crippen molar-refractivity contribution in [1.82, 2.24) is 4.90 Å². The summed E-state index contributed by atoms with van der Waals surface area (Å²) in [4.78, 5) is 14.1. The van der Waals surface area contributed by atoms with Crippen LogP contribution in [-0.4, -0.2) is 30.4 Å². The van der Waals surface area contributed by atoms with Crippen LogP contribution in [0.4, 0.5) is 17.1 Å². The first-order valence-corrected chi connectivity index (χ1v) is 8.77. The lowest BCUT2D eigenvalue weighted by molar-refractivity contribution is -0.117. The highest BCUT2D eigenvalue weighted by molar-refractivity contribution is 5.92. The van der Waals surface area contributed by atoms with Crippen LogP contribution in [0.5, 0.6) is 0 Å². The van der Waals surface area contributed by atoms with Gasteiger partial charge in [-0.1, -0.05) is 32.9 Å². The van der Waals surface area contributed by atoms with Crippen molar-refractivity contribution >= 4 is 23.0 Å². The molecule has 0 heterocycles. The lowest BCUT2D eigenvalue weighted by Gasteiger charge is -2.17. The predicted octanol–water partition coefficient (Wildman–Crippen LogP) is 4.94. The Hall–Kier alpha value is -2.53. The Balaban J connectivity index is 1.92. The summed E-state index contributed by atoms with van der Waals surface area (Å²) >= 11 is 0. The van der Waals surface area contributed by atoms with E-state index in [1.807, 2.05) is 50.2 Å². The van der Waals surface area contributed by atoms with Crippen molar-refractivity contribution in [3.05, 3.63) is 54.1 Å². The van der Waals surface area contributed by atoms with E-state index in [4.69, 9.17) is 0 Å². The van der Waals surface area contributed by atoms with E-state index in [1.165, 1.54) is 5.56 Å². The van der Waals surface area contributed by atoms with E-state index < -0.39 is 0 Å². The topological polar surface area (TPSA) is 57.1 Å². The second-order valence-electron chi connectivity index (χ2n) is 5.78. The molecule has 5 heteroatoms. The summed E-state index contributed by atoms with van der Waals surface area (Å²) in [6.45, 7) is 8.35.